The first-order chi connectivity index (χ1) is 7.13. The van der Waals surface area contributed by atoms with Crippen molar-refractivity contribution < 1.29 is 9.53 Å². The van der Waals surface area contributed by atoms with Crippen LogP contribution in [-0.4, -0.2) is 50.7 Å². The van der Waals surface area contributed by atoms with Gasteiger partial charge < -0.3 is 15.0 Å². The van der Waals surface area contributed by atoms with Crippen molar-refractivity contribution in [1.82, 2.24) is 10.2 Å². The number of carbonyl (C=O) groups is 1. The molecule has 0 unspecified atom stereocenters. The fourth-order valence-electron chi connectivity index (χ4n) is 1.19. The number of hydrogen-bond acceptors (Lipinski definition) is 4. The maximum Gasteiger partial charge on any atom is 0.312 e. The minimum atomic E-state index is -0.475. The largest absolute Gasteiger partial charge is 0.469 e. The second-order valence-corrected chi connectivity index (χ2v) is 5.69. The molecule has 0 rings (SSSR count). The second kappa shape index (κ2) is 5.64. The van der Waals surface area contributed by atoms with E-state index in [1.54, 1.807) is 0 Å². The van der Waals surface area contributed by atoms with Crippen LogP contribution in [0.5, 0.6) is 0 Å². The van der Waals surface area contributed by atoms with Gasteiger partial charge in [-0.3, -0.25) is 4.79 Å². The topological polar surface area (TPSA) is 41.6 Å². The summed E-state index contributed by atoms with van der Waals surface area (Å²) in [6.45, 7) is 9.54. The van der Waals surface area contributed by atoms with Gasteiger partial charge in [0.25, 0.3) is 0 Å². The Kier molecular flexibility index (Phi) is 5.42. The molecular formula is C12H26N2O2. The van der Waals surface area contributed by atoms with Crippen LogP contribution in [0.3, 0.4) is 0 Å². The van der Waals surface area contributed by atoms with E-state index >= 15 is 0 Å². The van der Waals surface area contributed by atoms with Crippen molar-refractivity contribution in [2.45, 2.75) is 33.2 Å². The molecule has 0 saturated carbocycles. The lowest BCUT2D eigenvalue weighted by molar-refractivity contribution is -0.150. The molecule has 0 atom stereocenters. The Hall–Kier alpha value is -0.610. The third-order valence-electron chi connectivity index (χ3n) is 3.07. The molecule has 0 aromatic carbocycles. The average Bonchev–Trinajstić information content (AvgIpc) is 2.15. The summed E-state index contributed by atoms with van der Waals surface area (Å²) in [7, 11) is 5.52. The van der Waals surface area contributed by atoms with Crippen molar-refractivity contribution >= 4 is 5.97 Å². The predicted molar refractivity (Wildman–Crippen MR) is 66.4 cm³/mol. The van der Waals surface area contributed by atoms with E-state index in [1.807, 2.05) is 27.9 Å². The highest BCUT2D eigenvalue weighted by atomic mass is 16.5. The molecule has 0 fully saturated rings. The lowest BCUT2D eigenvalue weighted by atomic mass is 9.93. The number of esters is 1. The second-order valence-electron chi connectivity index (χ2n) is 5.69. The average molecular weight is 230 g/mol. The molecule has 0 aliphatic rings. The molecule has 0 aromatic rings. The van der Waals surface area contributed by atoms with E-state index in [-0.39, 0.29) is 11.5 Å². The molecule has 0 aliphatic heterocycles. The van der Waals surface area contributed by atoms with Gasteiger partial charge in [0, 0.05) is 18.6 Å². The zero-order valence-electron chi connectivity index (χ0n) is 11.7. The number of likely N-dealkylation sites (N-methyl/N-ethyl adjacent to an activating group) is 1. The number of rotatable bonds is 6. The van der Waals surface area contributed by atoms with Crippen LogP contribution >= 0.6 is 0 Å². The number of methoxy groups -OCH3 is 1. The molecule has 0 radical (unpaired) electrons. The maximum absolute atomic E-state index is 11.5. The molecule has 4 heteroatoms. The Labute approximate surface area is 99.3 Å². The molecule has 0 saturated heterocycles. The van der Waals surface area contributed by atoms with Gasteiger partial charge >= 0.3 is 5.97 Å². The lowest BCUT2D eigenvalue weighted by Gasteiger charge is -2.34. The van der Waals surface area contributed by atoms with Gasteiger partial charge in [0.15, 0.2) is 0 Å². The van der Waals surface area contributed by atoms with E-state index in [0.717, 1.165) is 6.54 Å². The molecule has 96 valence electrons. The molecule has 0 heterocycles. The molecular weight excluding hydrogens is 204 g/mol. The monoisotopic (exact) mass is 230 g/mol. The summed E-state index contributed by atoms with van der Waals surface area (Å²) in [5.74, 6) is -0.178. The van der Waals surface area contributed by atoms with Gasteiger partial charge in [-0.2, -0.15) is 0 Å². The third kappa shape index (κ3) is 4.49. The minimum absolute atomic E-state index is 0.0756. The van der Waals surface area contributed by atoms with E-state index in [1.165, 1.54) is 7.11 Å². The predicted octanol–water partition coefficient (Wildman–Crippen LogP) is 1.12. The quantitative estimate of drug-likeness (QED) is 0.694. The van der Waals surface area contributed by atoms with Gasteiger partial charge in [-0.05, 0) is 41.8 Å². The van der Waals surface area contributed by atoms with Crippen LogP contribution in [0.25, 0.3) is 0 Å². The zero-order valence-corrected chi connectivity index (χ0v) is 11.7. The fraction of sp³-hybridized carbons (Fsp3) is 0.917. The first kappa shape index (κ1) is 15.4. The Balaban J connectivity index is 4.13. The van der Waals surface area contributed by atoms with Crippen molar-refractivity contribution in [3.63, 3.8) is 0 Å². The number of nitrogens with one attached hydrogen (secondary N) is 1. The van der Waals surface area contributed by atoms with E-state index in [2.05, 4.69) is 24.1 Å². The Morgan fingerprint density at radius 3 is 2.06 bits per heavy atom. The van der Waals surface area contributed by atoms with Crippen molar-refractivity contribution in [2.75, 3.05) is 34.3 Å². The summed E-state index contributed by atoms with van der Waals surface area (Å²) < 4.78 is 4.76. The molecule has 0 spiro atoms. The molecule has 1 N–H and O–H groups in total. The van der Waals surface area contributed by atoms with Crippen LogP contribution in [0, 0.1) is 5.41 Å². The summed E-state index contributed by atoms with van der Waals surface area (Å²) in [6, 6.07) is 0. The molecule has 4 nitrogen and oxygen atoms in total. The van der Waals surface area contributed by atoms with Crippen molar-refractivity contribution in [3.05, 3.63) is 0 Å². The van der Waals surface area contributed by atoms with E-state index in [4.69, 9.17) is 4.74 Å². The molecule has 0 bridgehead atoms. The van der Waals surface area contributed by atoms with Gasteiger partial charge in [-0.15, -0.1) is 0 Å². The number of carbonyl (C=O) groups excluding carboxylic acids is 1. The van der Waals surface area contributed by atoms with Crippen molar-refractivity contribution in [1.29, 1.82) is 0 Å². The number of ether oxygens (including phenoxy) is 1. The van der Waals surface area contributed by atoms with Gasteiger partial charge in [-0.1, -0.05) is 0 Å². The minimum Gasteiger partial charge on any atom is -0.469 e. The SMILES string of the molecule is COC(=O)C(C)(C)CNCC(C)(C)N(C)C. The van der Waals surface area contributed by atoms with Crippen molar-refractivity contribution in [3.8, 4) is 0 Å². The van der Waals surface area contributed by atoms with Gasteiger partial charge in [0.05, 0.1) is 12.5 Å². The Morgan fingerprint density at radius 2 is 1.69 bits per heavy atom. The van der Waals surface area contributed by atoms with Crippen LogP contribution in [0.15, 0.2) is 0 Å². The highest BCUT2D eigenvalue weighted by Gasteiger charge is 2.29. The van der Waals surface area contributed by atoms with Crippen LogP contribution in [-0.2, 0) is 9.53 Å². The Bertz CT molecular complexity index is 235. The van der Waals surface area contributed by atoms with E-state index < -0.39 is 5.41 Å². The standard InChI is InChI=1S/C12H26N2O2/c1-11(2,10(15)16-7)8-13-9-12(3,4)14(5)6/h13H,8-9H2,1-7H3. The van der Waals surface area contributed by atoms with Crippen LogP contribution in [0.1, 0.15) is 27.7 Å². The molecule has 0 aromatic heterocycles. The van der Waals surface area contributed by atoms with Crippen LogP contribution < -0.4 is 5.32 Å². The van der Waals surface area contributed by atoms with Gasteiger partial charge in [0.2, 0.25) is 0 Å². The summed E-state index contributed by atoms with van der Waals surface area (Å²) in [5.41, 5.74) is -0.399. The highest BCUT2D eigenvalue weighted by Crippen LogP contribution is 2.16. The summed E-state index contributed by atoms with van der Waals surface area (Å²) in [5, 5.41) is 3.32. The number of hydrogen-bond donors (Lipinski definition) is 1. The van der Waals surface area contributed by atoms with Crippen LogP contribution in [0.4, 0.5) is 0 Å². The fourth-order valence-corrected chi connectivity index (χ4v) is 1.19. The summed E-state index contributed by atoms with van der Waals surface area (Å²) in [4.78, 5) is 13.6. The first-order valence-electron chi connectivity index (χ1n) is 5.60. The van der Waals surface area contributed by atoms with Gasteiger partial charge in [-0.25, -0.2) is 0 Å². The third-order valence-corrected chi connectivity index (χ3v) is 3.07. The van der Waals surface area contributed by atoms with E-state index in [9.17, 15) is 4.79 Å². The summed E-state index contributed by atoms with van der Waals surface area (Å²) >= 11 is 0. The molecule has 0 amide bonds. The van der Waals surface area contributed by atoms with E-state index in [0.29, 0.717) is 6.54 Å². The molecule has 0 aliphatic carbocycles. The zero-order chi connectivity index (χ0) is 13.0. The highest BCUT2D eigenvalue weighted by molar-refractivity contribution is 5.76. The summed E-state index contributed by atoms with van der Waals surface area (Å²) in [6.07, 6.45) is 0. The first-order valence-corrected chi connectivity index (χ1v) is 5.60. The molecule has 16 heavy (non-hydrogen) atoms. The number of nitrogens with zero attached hydrogens (tertiary/aromatic N) is 1. The normalized spacial score (nSPS) is 13.0. The van der Waals surface area contributed by atoms with Crippen molar-refractivity contribution in [2.24, 2.45) is 5.41 Å². The smallest absolute Gasteiger partial charge is 0.312 e. The lowest BCUT2D eigenvalue weighted by Crippen LogP contribution is -2.49. The Morgan fingerprint density at radius 1 is 1.19 bits per heavy atom. The maximum atomic E-state index is 11.5. The van der Waals surface area contributed by atoms with Crippen LogP contribution in [0.2, 0.25) is 0 Å². The van der Waals surface area contributed by atoms with Gasteiger partial charge in [0.1, 0.15) is 0 Å².